The van der Waals surface area contributed by atoms with Crippen molar-refractivity contribution in [3.8, 4) is 0 Å². The van der Waals surface area contributed by atoms with Gasteiger partial charge < -0.3 is 4.74 Å². The smallest absolute Gasteiger partial charge is 0.260 e. The third-order valence-electron chi connectivity index (χ3n) is 7.66. The summed E-state index contributed by atoms with van der Waals surface area (Å²) in [6.45, 7) is 3.19. The Morgan fingerprint density at radius 2 is 1.68 bits per heavy atom. The second-order valence-electron chi connectivity index (χ2n) is 10.5. The highest BCUT2D eigenvalue weighted by Gasteiger charge is 2.32. The molecule has 5 rings (SSSR count). The summed E-state index contributed by atoms with van der Waals surface area (Å²) < 4.78 is 59.1. The first-order chi connectivity index (χ1) is 19.1. The Labute approximate surface area is 240 Å². The summed E-state index contributed by atoms with van der Waals surface area (Å²) in [6.07, 6.45) is 7.69. The van der Waals surface area contributed by atoms with E-state index in [1.54, 1.807) is 33.5 Å². The van der Waals surface area contributed by atoms with Crippen molar-refractivity contribution >= 4 is 52.5 Å². The van der Waals surface area contributed by atoms with Crippen LogP contribution in [-0.2, 0) is 24.6 Å². The van der Waals surface area contributed by atoms with E-state index in [4.69, 9.17) is 4.74 Å². The fraction of sp³-hybridized carbons (Fsp3) is 0.500. The van der Waals surface area contributed by atoms with Crippen LogP contribution < -0.4 is 4.90 Å². The van der Waals surface area contributed by atoms with Gasteiger partial charge in [0.1, 0.15) is 0 Å². The fourth-order valence-corrected chi connectivity index (χ4v) is 8.96. The molecule has 0 bridgehead atoms. The minimum atomic E-state index is -3.69. The molecule has 1 amide bonds. The summed E-state index contributed by atoms with van der Waals surface area (Å²) in [7, 11) is -7.08. The van der Waals surface area contributed by atoms with Crippen molar-refractivity contribution in [3.05, 3.63) is 48.0 Å². The van der Waals surface area contributed by atoms with Gasteiger partial charge >= 0.3 is 0 Å². The average Bonchev–Trinajstić information content (AvgIpc) is 3.61. The van der Waals surface area contributed by atoms with Crippen LogP contribution in [0.1, 0.15) is 62.2 Å². The molecule has 0 spiro atoms. The highest BCUT2D eigenvalue weighted by Crippen LogP contribution is 2.33. The minimum Gasteiger partial charge on any atom is -0.376 e. The lowest BCUT2D eigenvalue weighted by molar-refractivity contribution is 0.0917. The molecule has 2 aromatic carbocycles. The van der Waals surface area contributed by atoms with Gasteiger partial charge in [-0.1, -0.05) is 37.5 Å². The molecule has 1 unspecified atom stereocenters. The van der Waals surface area contributed by atoms with Crippen molar-refractivity contribution in [3.63, 3.8) is 0 Å². The zero-order valence-electron chi connectivity index (χ0n) is 22.8. The van der Waals surface area contributed by atoms with Gasteiger partial charge in [0.05, 0.1) is 32.7 Å². The number of amides is 1. The van der Waals surface area contributed by atoms with E-state index in [0.29, 0.717) is 40.6 Å². The van der Waals surface area contributed by atoms with Crippen molar-refractivity contribution in [2.45, 2.75) is 73.8 Å². The topological polar surface area (TPSA) is 114 Å². The second-order valence-corrected chi connectivity index (χ2v) is 15.4. The largest absolute Gasteiger partial charge is 0.376 e. The van der Waals surface area contributed by atoms with Crippen LogP contribution in [-0.4, -0.2) is 70.1 Å². The molecule has 1 aliphatic heterocycles. The molecule has 0 N–H and O–H groups in total. The van der Waals surface area contributed by atoms with E-state index in [-0.39, 0.29) is 27.8 Å². The molecule has 2 heterocycles. The van der Waals surface area contributed by atoms with Gasteiger partial charge in [0, 0.05) is 31.0 Å². The maximum absolute atomic E-state index is 13.8. The van der Waals surface area contributed by atoms with Gasteiger partial charge in [-0.3, -0.25) is 9.69 Å². The third kappa shape index (κ3) is 6.11. The molecule has 40 heavy (non-hydrogen) atoms. The SMILES string of the molecule is CCN(C1CCCCC1)S(=O)(=O)c1ccc(C(=O)N(CC2CCCO2)c2nc3ccc(S(C)(=O)=O)cc3s2)cc1. The van der Waals surface area contributed by atoms with Crippen molar-refractivity contribution < 1.29 is 26.4 Å². The van der Waals surface area contributed by atoms with Crippen LogP contribution >= 0.6 is 11.3 Å². The van der Waals surface area contributed by atoms with E-state index >= 15 is 0 Å². The lowest BCUT2D eigenvalue weighted by Gasteiger charge is -2.32. The number of carbonyl (C=O) groups is 1. The first kappa shape index (κ1) is 29.1. The molecule has 1 aliphatic carbocycles. The number of aromatic nitrogens is 1. The molecule has 2 fully saturated rings. The highest BCUT2D eigenvalue weighted by atomic mass is 32.2. The van der Waals surface area contributed by atoms with Crippen LogP contribution in [0.15, 0.2) is 52.3 Å². The summed E-state index contributed by atoms with van der Waals surface area (Å²) in [5.41, 5.74) is 0.940. The van der Waals surface area contributed by atoms with Gasteiger partial charge in [0.2, 0.25) is 10.0 Å². The quantitative estimate of drug-likeness (QED) is 0.342. The summed E-state index contributed by atoms with van der Waals surface area (Å²) >= 11 is 1.24. The molecule has 1 aromatic heterocycles. The van der Waals surface area contributed by atoms with Gasteiger partial charge in [-0.05, 0) is 68.1 Å². The number of carbonyl (C=O) groups excluding carboxylic acids is 1. The zero-order chi connectivity index (χ0) is 28.5. The summed E-state index contributed by atoms with van der Waals surface area (Å²) in [6, 6.07) is 10.9. The average molecular weight is 606 g/mol. The van der Waals surface area contributed by atoms with Crippen LogP contribution in [0.25, 0.3) is 10.2 Å². The number of ether oxygens (including phenoxy) is 1. The summed E-state index contributed by atoms with van der Waals surface area (Å²) in [5.74, 6) is -0.318. The Morgan fingerprint density at radius 1 is 0.975 bits per heavy atom. The Hall–Kier alpha value is -2.38. The van der Waals surface area contributed by atoms with Crippen molar-refractivity contribution in [1.29, 1.82) is 0 Å². The number of benzene rings is 2. The number of nitrogens with zero attached hydrogens (tertiary/aromatic N) is 3. The van der Waals surface area contributed by atoms with Crippen molar-refractivity contribution in [1.82, 2.24) is 9.29 Å². The Kier molecular flexibility index (Phi) is 8.63. The predicted molar refractivity (Wildman–Crippen MR) is 156 cm³/mol. The first-order valence-corrected chi connectivity index (χ1v) is 17.9. The van der Waals surface area contributed by atoms with E-state index in [1.807, 2.05) is 6.92 Å². The standard InChI is InChI=1S/C28H35N3O6S3/c1-3-31(21-8-5-4-6-9-21)40(35,36)23-13-11-20(12-14-23)27(32)30(19-22-10-7-17-37-22)28-29-25-16-15-24(39(2,33)34)18-26(25)38-28/h11-16,18,21-22H,3-10,17,19H2,1-2H3. The van der Waals surface area contributed by atoms with Crippen LogP contribution in [0, 0.1) is 0 Å². The van der Waals surface area contributed by atoms with Gasteiger partial charge in [-0.25, -0.2) is 21.8 Å². The molecule has 1 saturated carbocycles. The number of hydrogen-bond acceptors (Lipinski definition) is 8. The number of hydrogen-bond donors (Lipinski definition) is 0. The molecule has 12 heteroatoms. The molecule has 2 aliphatic rings. The van der Waals surface area contributed by atoms with Gasteiger partial charge in [0.25, 0.3) is 5.91 Å². The normalized spacial score (nSPS) is 18.9. The lowest BCUT2D eigenvalue weighted by atomic mass is 9.95. The maximum atomic E-state index is 13.8. The highest BCUT2D eigenvalue weighted by molar-refractivity contribution is 7.90. The number of anilines is 1. The molecule has 0 radical (unpaired) electrons. The first-order valence-electron chi connectivity index (χ1n) is 13.7. The molecule has 9 nitrogen and oxygen atoms in total. The number of fused-ring (bicyclic) bond motifs is 1. The third-order valence-corrected chi connectivity index (χ3v) is 11.9. The molecular weight excluding hydrogens is 571 g/mol. The lowest BCUT2D eigenvalue weighted by Crippen LogP contribution is -2.41. The van der Waals surface area contributed by atoms with Crippen LogP contribution in [0.2, 0.25) is 0 Å². The number of rotatable bonds is 9. The van der Waals surface area contributed by atoms with Gasteiger partial charge in [-0.2, -0.15) is 4.31 Å². The monoisotopic (exact) mass is 605 g/mol. The zero-order valence-corrected chi connectivity index (χ0v) is 25.2. The summed E-state index contributed by atoms with van der Waals surface area (Å²) in [4.78, 5) is 20.4. The molecule has 3 aromatic rings. The maximum Gasteiger partial charge on any atom is 0.260 e. The van der Waals surface area contributed by atoms with E-state index < -0.39 is 19.9 Å². The van der Waals surface area contributed by atoms with Gasteiger partial charge in [-0.15, -0.1) is 0 Å². The van der Waals surface area contributed by atoms with Gasteiger partial charge in [0.15, 0.2) is 15.0 Å². The molecule has 216 valence electrons. The number of sulfonamides is 1. The van der Waals surface area contributed by atoms with Crippen LogP contribution in [0.3, 0.4) is 0 Å². The Bertz CT molecular complexity index is 1570. The fourth-order valence-electron chi connectivity index (χ4n) is 5.53. The van der Waals surface area contributed by atoms with E-state index in [0.717, 1.165) is 51.2 Å². The van der Waals surface area contributed by atoms with E-state index in [9.17, 15) is 21.6 Å². The second kappa shape index (κ2) is 11.8. The van der Waals surface area contributed by atoms with Crippen molar-refractivity contribution in [2.75, 3.05) is 30.9 Å². The van der Waals surface area contributed by atoms with E-state index in [1.165, 1.54) is 29.5 Å². The molecular formula is C28H35N3O6S3. The number of thiazole rings is 1. The Balaban J connectivity index is 1.44. The number of sulfone groups is 1. The van der Waals surface area contributed by atoms with Crippen molar-refractivity contribution in [2.24, 2.45) is 0 Å². The van der Waals surface area contributed by atoms with Crippen LogP contribution in [0.4, 0.5) is 5.13 Å². The molecule has 1 atom stereocenters. The Morgan fingerprint density at radius 3 is 2.30 bits per heavy atom. The van der Waals surface area contributed by atoms with E-state index in [2.05, 4.69) is 4.98 Å². The summed E-state index contributed by atoms with van der Waals surface area (Å²) in [5, 5.41) is 0.437. The predicted octanol–water partition coefficient (Wildman–Crippen LogP) is 4.87. The molecule has 1 saturated heterocycles. The minimum absolute atomic E-state index is 0.00853. The van der Waals surface area contributed by atoms with Crippen LogP contribution in [0.5, 0.6) is 0 Å².